The number of hydrogen-bond donors (Lipinski definition) is 2. The fraction of sp³-hybridized carbons (Fsp3) is 0.211. The van der Waals surface area contributed by atoms with Gasteiger partial charge in [0.1, 0.15) is 5.82 Å². The maximum atomic E-state index is 13.3. The number of amides is 1. The van der Waals surface area contributed by atoms with Gasteiger partial charge < -0.3 is 10.3 Å². The molecule has 1 fully saturated rings. The van der Waals surface area contributed by atoms with Crippen LogP contribution in [0.3, 0.4) is 0 Å². The summed E-state index contributed by atoms with van der Waals surface area (Å²) in [6.45, 7) is 1.98. The molecule has 0 unspecified atom stereocenters. The highest BCUT2D eigenvalue weighted by molar-refractivity contribution is 6.04. The van der Waals surface area contributed by atoms with E-state index in [2.05, 4.69) is 10.3 Å². The minimum atomic E-state index is -0.502. The Kier molecular flexibility index (Phi) is 3.01. The number of nitrogens with one attached hydrogen (secondary N) is 2. The van der Waals surface area contributed by atoms with Gasteiger partial charge in [-0.05, 0) is 55.2 Å². The molecule has 0 bridgehead atoms. The van der Waals surface area contributed by atoms with Crippen LogP contribution in [0.25, 0.3) is 10.9 Å². The first kappa shape index (κ1) is 14.0. The fourth-order valence-electron chi connectivity index (χ4n) is 3.19. The first-order valence-corrected chi connectivity index (χ1v) is 7.74. The number of benzene rings is 2. The first-order chi connectivity index (χ1) is 11.1. The average molecular weight is 308 g/mol. The molecule has 2 aromatic carbocycles. The molecule has 0 aliphatic heterocycles. The third kappa shape index (κ3) is 2.22. The number of aryl methyl sites for hydroxylation is 1. The third-order valence-electron chi connectivity index (χ3n) is 4.74. The Morgan fingerprint density at radius 3 is 2.74 bits per heavy atom. The van der Waals surface area contributed by atoms with E-state index in [9.17, 15) is 9.18 Å². The van der Waals surface area contributed by atoms with E-state index in [0.29, 0.717) is 0 Å². The molecule has 1 aliphatic rings. The van der Waals surface area contributed by atoms with Crippen LogP contribution in [0, 0.1) is 12.7 Å². The molecule has 0 atom stereocenters. The Balaban J connectivity index is 1.70. The fourth-order valence-corrected chi connectivity index (χ4v) is 3.19. The molecule has 0 saturated heterocycles. The molecule has 1 aromatic heterocycles. The van der Waals surface area contributed by atoms with Crippen molar-refractivity contribution in [2.75, 3.05) is 5.32 Å². The van der Waals surface area contributed by atoms with Crippen LogP contribution in [0.5, 0.6) is 0 Å². The lowest BCUT2D eigenvalue weighted by Crippen LogP contribution is -2.27. The monoisotopic (exact) mass is 308 g/mol. The van der Waals surface area contributed by atoms with Crippen molar-refractivity contribution in [1.82, 2.24) is 4.98 Å². The molecule has 1 heterocycles. The van der Waals surface area contributed by atoms with Crippen LogP contribution in [0.15, 0.2) is 48.7 Å². The van der Waals surface area contributed by atoms with E-state index in [1.54, 1.807) is 6.07 Å². The van der Waals surface area contributed by atoms with Crippen molar-refractivity contribution in [2.45, 2.75) is 25.2 Å². The highest BCUT2D eigenvalue weighted by Crippen LogP contribution is 2.51. The molecule has 1 amide bonds. The summed E-state index contributed by atoms with van der Waals surface area (Å²) >= 11 is 0. The van der Waals surface area contributed by atoms with Gasteiger partial charge in [0.15, 0.2) is 0 Å². The summed E-state index contributed by atoms with van der Waals surface area (Å²) in [5.41, 5.74) is 3.07. The Morgan fingerprint density at radius 1 is 1.22 bits per heavy atom. The van der Waals surface area contributed by atoms with Crippen molar-refractivity contribution in [3.05, 3.63) is 65.6 Å². The zero-order valence-corrected chi connectivity index (χ0v) is 12.8. The molecule has 0 spiro atoms. The molecule has 4 heteroatoms. The largest absolute Gasteiger partial charge is 0.361 e. The summed E-state index contributed by atoms with van der Waals surface area (Å²) in [6.07, 6.45) is 3.47. The predicted octanol–water partition coefficient (Wildman–Crippen LogP) is 4.29. The maximum absolute atomic E-state index is 13.3. The number of H-pyrrole nitrogens is 1. The van der Waals surface area contributed by atoms with Gasteiger partial charge in [-0.3, -0.25) is 4.79 Å². The standard InChI is InChI=1S/C19H17FN2O/c1-12-4-2-3-5-16(12)22-18(23)19(8-9-19)15-11-21-17-10-13(20)6-7-14(15)17/h2-7,10-11,21H,8-9H2,1H3,(H,22,23). The van der Waals surface area contributed by atoms with Crippen LogP contribution in [-0.2, 0) is 10.2 Å². The molecule has 2 N–H and O–H groups in total. The van der Waals surface area contributed by atoms with Crippen molar-refractivity contribution >= 4 is 22.5 Å². The van der Waals surface area contributed by atoms with E-state index in [-0.39, 0.29) is 11.7 Å². The number of anilines is 1. The number of carbonyl (C=O) groups excluding carboxylic acids is 1. The van der Waals surface area contributed by atoms with Gasteiger partial charge in [-0.1, -0.05) is 18.2 Å². The van der Waals surface area contributed by atoms with Crippen molar-refractivity contribution in [2.24, 2.45) is 0 Å². The highest BCUT2D eigenvalue weighted by Gasteiger charge is 2.52. The number of para-hydroxylation sites is 1. The van der Waals surface area contributed by atoms with Crippen molar-refractivity contribution in [3.8, 4) is 0 Å². The zero-order chi connectivity index (χ0) is 16.0. The predicted molar refractivity (Wildman–Crippen MR) is 89.0 cm³/mol. The number of rotatable bonds is 3. The quantitative estimate of drug-likeness (QED) is 0.745. The molecule has 1 saturated carbocycles. The summed E-state index contributed by atoms with van der Waals surface area (Å²) in [4.78, 5) is 15.9. The Morgan fingerprint density at radius 2 is 2.00 bits per heavy atom. The van der Waals surface area contributed by atoms with E-state index in [4.69, 9.17) is 0 Å². The molecule has 1 aliphatic carbocycles. The van der Waals surface area contributed by atoms with E-state index in [0.717, 1.165) is 40.6 Å². The highest BCUT2D eigenvalue weighted by atomic mass is 19.1. The van der Waals surface area contributed by atoms with Crippen molar-refractivity contribution in [1.29, 1.82) is 0 Å². The summed E-state index contributed by atoms with van der Waals surface area (Å²) in [7, 11) is 0. The van der Waals surface area contributed by atoms with E-state index in [1.165, 1.54) is 12.1 Å². The number of aromatic nitrogens is 1. The van der Waals surface area contributed by atoms with Crippen LogP contribution in [0.2, 0.25) is 0 Å². The molecule has 116 valence electrons. The minimum absolute atomic E-state index is 0.0111. The molecular formula is C19H17FN2O. The second kappa shape index (κ2) is 4.95. The lowest BCUT2D eigenvalue weighted by Gasteiger charge is -2.16. The first-order valence-electron chi connectivity index (χ1n) is 7.74. The van der Waals surface area contributed by atoms with Crippen LogP contribution in [0.1, 0.15) is 24.0 Å². The smallest absolute Gasteiger partial charge is 0.235 e. The van der Waals surface area contributed by atoms with Crippen LogP contribution in [0.4, 0.5) is 10.1 Å². The third-order valence-corrected chi connectivity index (χ3v) is 4.74. The normalized spacial score (nSPS) is 15.6. The van der Waals surface area contributed by atoms with Crippen LogP contribution in [-0.4, -0.2) is 10.9 Å². The van der Waals surface area contributed by atoms with Gasteiger partial charge in [-0.15, -0.1) is 0 Å². The van der Waals surface area contributed by atoms with E-state index >= 15 is 0 Å². The minimum Gasteiger partial charge on any atom is -0.361 e. The van der Waals surface area contributed by atoms with Crippen molar-refractivity contribution in [3.63, 3.8) is 0 Å². The Labute approximate surface area is 133 Å². The van der Waals surface area contributed by atoms with E-state index < -0.39 is 5.41 Å². The average Bonchev–Trinajstić information content (AvgIpc) is 3.24. The van der Waals surface area contributed by atoms with Crippen LogP contribution < -0.4 is 5.32 Å². The summed E-state index contributed by atoms with van der Waals surface area (Å²) in [6, 6.07) is 12.4. The van der Waals surface area contributed by atoms with Gasteiger partial charge in [0.2, 0.25) is 5.91 Å². The summed E-state index contributed by atoms with van der Waals surface area (Å²) in [5.74, 6) is -0.267. The number of hydrogen-bond acceptors (Lipinski definition) is 1. The van der Waals surface area contributed by atoms with Gasteiger partial charge >= 0.3 is 0 Å². The molecule has 3 aromatic rings. The molecule has 0 radical (unpaired) electrons. The molecular weight excluding hydrogens is 291 g/mol. The molecule has 3 nitrogen and oxygen atoms in total. The Bertz CT molecular complexity index is 909. The second-order valence-electron chi connectivity index (χ2n) is 6.24. The lowest BCUT2D eigenvalue weighted by atomic mass is 9.94. The van der Waals surface area contributed by atoms with Gasteiger partial charge in [0.25, 0.3) is 0 Å². The van der Waals surface area contributed by atoms with Gasteiger partial charge in [0.05, 0.1) is 5.41 Å². The van der Waals surface area contributed by atoms with Gasteiger partial charge in [0, 0.05) is 22.8 Å². The lowest BCUT2D eigenvalue weighted by molar-refractivity contribution is -0.118. The number of halogens is 1. The van der Waals surface area contributed by atoms with Gasteiger partial charge in [-0.25, -0.2) is 4.39 Å². The van der Waals surface area contributed by atoms with Crippen LogP contribution >= 0.6 is 0 Å². The molecule has 23 heavy (non-hydrogen) atoms. The second-order valence-corrected chi connectivity index (χ2v) is 6.24. The maximum Gasteiger partial charge on any atom is 0.235 e. The van der Waals surface area contributed by atoms with E-state index in [1.807, 2.05) is 37.4 Å². The topological polar surface area (TPSA) is 44.9 Å². The summed E-state index contributed by atoms with van der Waals surface area (Å²) < 4.78 is 13.3. The number of carbonyl (C=O) groups is 1. The van der Waals surface area contributed by atoms with Crippen molar-refractivity contribution < 1.29 is 9.18 Å². The molecule has 4 rings (SSSR count). The van der Waals surface area contributed by atoms with Gasteiger partial charge in [-0.2, -0.15) is 0 Å². The Hall–Kier alpha value is -2.62. The number of fused-ring (bicyclic) bond motifs is 1. The summed E-state index contributed by atoms with van der Waals surface area (Å²) in [5, 5.41) is 3.97. The number of aromatic amines is 1. The SMILES string of the molecule is Cc1ccccc1NC(=O)C1(c2c[nH]c3cc(F)ccc23)CC1. The zero-order valence-electron chi connectivity index (χ0n) is 12.8.